The number of hydrogen-bond acceptors (Lipinski definition) is 8. The second kappa shape index (κ2) is 7.86. The van der Waals surface area contributed by atoms with Crippen molar-refractivity contribution in [1.82, 2.24) is 19.5 Å². The molecule has 150 valence electrons. The van der Waals surface area contributed by atoms with Crippen LogP contribution in [0.4, 0.5) is 10.2 Å². The Labute approximate surface area is 164 Å². The number of rotatable bonds is 6. The minimum Gasteiger partial charge on any atom is -0.507 e. The Morgan fingerprint density at radius 2 is 2.07 bits per heavy atom. The van der Waals surface area contributed by atoms with Gasteiger partial charge in [0.05, 0.1) is 6.33 Å². The molecule has 1 aromatic carbocycles. The molecule has 9 nitrogen and oxygen atoms in total. The summed E-state index contributed by atoms with van der Waals surface area (Å²) in [4.78, 5) is 12.0. The lowest BCUT2D eigenvalue weighted by Gasteiger charge is -2.16. The molecule has 1 aliphatic heterocycles. The summed E-state index contributed by atoms with van der Waals surface area (Å²) in [5, 5.41) is 10.1. The molecule has 4 rings (SSSR count). The molecule has 0 aliphatic carbocycles. The molecule has 10 heteroatoms. The lowest BCUT2D eigenvalue weighted by molar-refractivity contribution is -0.137. The number of nitrogen functional groups attached to an aromatic ring is 1. The Kier molecular flexibility index (Phi) is 5.10. The van der Waals surface area contributed by atoms with Crippen LogP contribution in [0, 0.1) is 0 Å². The molecule has 1 aliphatic rings. The van der Waals surface area contributed by atoms with Gasteiger partial charge in [0.25, 0.3) is 0 Å². The lowest BCUT2D eigenvalue weighted by Crippen LogP contribution is -2.17. The number of allylic oxidation sites excluding steroid dienone is 1. The van der Waals surface area contributed by atoms with Gasteiger partial charge in [-0.05, 0) is 19.1 Å². The number of aliphatic hydroxyl groups is 1. The van der Waals surface area contributed by atoms with Crippen molar-refractivity contribution in [3.8, 4) is 5.75 Å². The van der Waals surface area contributed by atoms with E-state index in [2.05, 4.69) is 15.0 Å². The molecule has 0 saturated carbocycles. The second-order valence-electron chi connectivity index (χ2n) is 6.22. The number of benzene rings is 1. The Balaban J connectivity index is 1.41. The second-order valence-corrected chi connectivity index (χ2v) is 6.22. The van der Waals surface area contributed by atoms with Crippen LogP contribution < -0.4 is 10.5 Å². The lowest BCUT2D eigenvalue weighted by atomic mass is 10.3. The maximum Gasteiger partial charge on any atom is 0.192 e. The predicted octanol–water partition coefficient (Wildman–Crippen LogP) is 3.00. The highest BCUT2D eigenvalue weighted by Gasteiger charge is 2.31. The average Bonchev–Trinajstić information content (AvgIpc) is 3.30. The summed E-state index contributed by atoms with van der Waals surface area (Å²) < 4.78 is 32.4. The van der Waals surface area contributed by atoms with Crippen LogP contribution in [-0.2, 0) is 9.47 Å². The normalized spacial score (nSPS) is 19.9. The minimum absolute atomic E-state index is 0.136. The van der Waals surface area contributed by atoms with E-state index in [0.717, 1.165) is 0 Å². The van der Waals surface area contributed by atoms with Crippen LogP contribution in [0.2, 0.25) is 0 Å². The maximum absolute atomic E-state index is 14.4. The topological polar surface area (TPSA) is 118 Å². The third-order valence-electron chi connectivity index (χ3n) is 4.24. The van der Waals surface area contributed by atoms with Gasteiger partial charge in [-0.15, -0.1) is 0 Å². The van der Waals surface area contributed by atoms with Crippen LogP contribution in [0.5, 0.6) is 5.75 Å². The monoisotopic (exact) mass is 399 g/mol. The fourth-order valence-corrected chi connectivity index (χ4v) is 2.76. The zero-order valence-electron chi connectivity index (χ0n) is 15.4. The minimum atomic E-state index is -1.10. The number of para-hydroxylation sites is 1. The van der Waals surface area contributed by atoms with E-state index in [1.54, 1.807) is 19.1 Å². The Morgan fingerprint density at radius 3 is 2.86 bits per heavy atom. The summed E-state index contributed by atoms with van der Waals surface area (Å²) in [7, 11) is 0. The first-order chi connectivity index (χ1) is 14.0. The predicted molar refractivity (Wildman–Crippen MR) is 101 cm³/mol. The van der Waals surface area contributed by atoms with Gasteiger partial charge in [0.15, 0.2) is 35.6 Å². The number of halogens is 1. The van der Waals surface area contributed by atoms with E-state index < -0.39 is 18.3 Å². The van der Waals surface area contributed by atoms with Gasteiger partial charge in [-0.25, -0.2) is 19.3 Å². The van der Waals surface area contributed by atoms with Crippen molar-refractivity contribution in [3.63, 3.8) is 0 Å². The smallest absolute Gasteiger partial charge is 0.192 e. The summed E-state index contributed by atoms with van der Waals surface area (Å²) in [6.45, 7) is 1.38. The van der Waals surface area contributed by atoms with Gasteiger partial charge in [-0.3, -0.25) is 4.57 Å². The van der Waals surface area contributed by atoms with Gasteiger partial charge in [0.1, 0.15) is 30.0 Å². The van der Waals surface area contributed by atoms with Crippen LogP contribution in [0.25, 0.3) is 11.2 Å². The van der Waals surface area contributed by atoms with Crippen molar-refractivity contribution in [3.05, 3.63) is 66.4 Å². The SMILES string of the molecule is C/C(Oc1ccccc1)=C(/O)CO[C@@H]1C=C(F)C(n2cnc3c(N)ncnc32)O1. The molecule has 3 N–H and O–H groups in total. The van der Waals surface area contributed by atoms with Gasteiger partial charge in [-0.1, -0.05) is 18.2 Å². The van der Waals surface area contributed by atoms with Crippen molar-refractivity contribution < 1.29 is 23.7 Å². The van der Waals surface area contributed by atoms with Crippen molar-refractivity contribution in [2.24, 2.45) is 0 Å². The third kappa shape index (κ3) is 3.89. The number of nitrogens with two attached hydrogens (primary N) is 1. The fourth-order valence-electron chi connectivity index (χ4n) is 2.76. The summed E-state index contributed by atoms with van der Waals surface area (Å²) in [6.07, 6.45) is 1.68. The molecule has 0 bridgehead atoms. The molecule has 1 unspecified atom stereocenters. The number of imidazole rings is 1. The van der Waals surface area contributed by atoms with E-state index in [4.69, 9.17) is 19.9 Å². The van der Waals surface area contributed by atoms with Gasteiger partial charge in [0, 0.05) is 6.08 Å². The van der Waals surface area contributed by atoms with Crippen LogP contribution in [0.3, 0.4) is 0 Å². The third-order valence-corrected chi connectivity index (χ3v) is 4.24. The molecule has 0 amide bonds. The quantitative estimate of drug-likeness (QED) is 0.608. The Morgan fingerprint density at radius 1 is 1.28 bits per heavy atom. The first-order valence-corrected chi connectivity index (χ1v) is 8.72. The first kappa shape index (κ1) is 18.8. The number of anilines is 1. The number of ether oxygens (including phenoxy) is 3. The molecule has 0 saturated heterocycles. The molecular weight excluding hydrogens is 381 g/mol. The Bertz CT molecular complexity index is 1080. The van der Waals surface area contributed by atoms with E-state index in [1.165, 1.54) is 23.3 Å². The summed E-state index contributed by atoms with van der Waals surface area (Å²) >= 11 is 0. The molecule has 3 heterocycles. The number of hydrogen-bond donors (Lipinski definition) is 2. The maximum atomic E-state index is 14.4. The van der Waals surface area contributed by atoms with Crippen molar-refractivity contribution in [2.75, 3.05) is 12.3 Å². The molecule has 0 fully saturated rings. The van der Waals surface area contributed by atoms with Crippen LogP contribution >= 0.6 is 0 Å². The molecular formula is C19H18FN5O4. The zero-order valence-corrected chi connectivity index (χ0v) is 15.4. The molecule has 0 radical (unpaired) electrons. The highest BCUT2D eigenvalue weighted by atomic mass is 19.1. The van der Waals surface area contributed by atoms with Crippen LogP contribution in [0.15, 0.2) is 66.4 Å². The molecule has 2 atom stereocenters. The van der Waals surface area contributed by atoms with E-state index in [9.17, 15) is 9.50 Å². The van der Waals surface area contributed by atoms with E-state index in [0.29, 0.717) is 16.9 Å². The summed E-state index contributed by atoms with van der Waals surface area (Å²) in [5.74, 6) is 0.319. The van der Waals surface area contributed by atoms with Crippen LogP contribution in [-0.4, -0.2) is 37.5 Å². The first-order valence-electron chi connectivity index (χ1n) is 8.72. The van der Waals surface area contributed by atoms with Gasteiger partial charge < -0.3 is 25.1 Å². The highest BCUT2D eigenvalue weighted by Crippen LogP contribution is 2.33. The standard InChI is InChI=1S/C19H18FN5O4/c1-11(28-12-5-3-2-4-6-12)14(26)8-27-15-7-13(20)19(29-15)25-10-24-16-17(21)22-9-23-18(16)25/h2-7,9-10,15,19,26H,8H2,1H3,(H2,21,22,23)/b14-11-/t15-,19?/m0/s1. The van der Waals surface area contributed by atoms with Gasteiger partial charge in [0.2, 0.25) is 0 Å². The number of nitrogens with zero attached hydrogens (tertiary/aromatic N) is 4. The van der Waals surface area contributed by atoms with Crippen molar-refractivity contribution in [2.45, 2.75) is 19.4 Å². The highest BCUT2D eigenvalue weighted by molar-refractivity contribution is 5.81. The zero-order chi connectivity index (χ0) is 20.4. The molecule has 3 aromatic rings. The van der Waals surface area contributed by atoms with Gasteiger partial charge >= 0.3 is 0 Å². The van der Waals surface area contributed by atoms with Gasteiger partial charge in [-0.2, -0.15) is 0 Å². The average molecular weight is 399 g/mol. The Hall–Kier alpha value is -3.50. The molecule has 2 aromatic heterocycles. The molecule has 0 spiro atoms. The van der Waals surface area contributed by atoms with Crippen molar-refractivity contribution >= 4 is 17.0 Å². The fraction of sp³-hybridized carbons (Fsp3) is 0.211. The van der Waals surface area contributed by atoms with E-state index >= 15 is 0 Å². The number of aliphatic hydroxyl groups excluding tert-OH is 1. The van der Waals surface area contributed by atoms with E-state index in [-0.39, 0.29) is 23.9 Å². The van der Waals surface area contributed by atoms with E-state index in [1.807, 2.05) is 18.2 Å². The number of fused-ring (bicyclic) bond motifs is 1. The number of aromatic nitrogens is 4. The summed E-state index contributed by atoms with van der Waals surface area (Å²) in [5.41, 5.74) is 6.43. The molecule has 29 heavy (non-hydrogen) atoms. The van der Waals surface area contributed by atoms with Crippen molar-refractivity contribution in [1.29, 1.82) is 0 Å². The largest absolute Gasteiger partial charge is 0.507 e. The van der Waals surface area contributed by atoms with Crippen LogP contribution in [0.1, 0.15) is 13.2 Å². The summed E-state index contributed by atoms with van der Waals surface area (Å²) in [6, 6.07) is 9.00.